The summed E-state index contributed by atoms with van der Waals surface area (Å²) in [5.41, 5.74) is 2.04. The van der Waals surface area contributed by atoms with Crippen LogP contribution in [-0.2, 0) is 16.0 Å². The lowest BCUT2D eigenvalue weighted by molar-refractivity contribution is -0.123. The zero-order valence-electron chi connectivity index (χ0n) is 16.0. The van der Waals surface area contributed by atoms with Gasteiger partial charge in [-0.3, -0.25) is 14.5 Å². The van der Waals surface area contributed by atoms with Crippen LogP contribution in [0.3, 0.4) is 0 Å². The van der Waals surface area contributed by atoms with Crippen LogP contribution in [0.15, 0.2) is 47.1 Å². The van der Waals surface area contributed by atoms with Gasteiger partial charge in [0.1, 0.15) is 5.82 Å². The molecule has 0 bridgehead atoms. The molecule has 1 aliphatic heterocycles. The summed E-state index contributed by atoms with van der Waals surface area (Å²) in [6.45, 7) is 3.78. The van der Waals surface area contributed by atoms with Crippen molar-refractivity contribution in [1.29, 1.82) is 0 Å². The van der Waals surface area contributed by atoms with Gasteiger partial charge in [0.05, 0.1) is 12.5 Å². The van der Waals surface area contributed by atoms with Crippen molar-refractivity contribution in [3.63, 3.8) is 0 Å². The Labute approximate surface area is 173 Å². The van der Waals surface area contributed by atoms with Crippen LogP contribution in [0.4, 0.5) is 11.5 Å². The fraction of sp³-hybridized carbons (Fsp3) is 0.381. The van der Waals surface area contributed by atoms with Gasteiger partial charge in [0.2, 0.25) is 11.8 Å². The number of amides is 2. The Hall–Kier alpha value is -2.25. The number of carbonyl (C=O) groups is 2. The number of nitrogens with one attached hydrogen (secondary N) is 2. The SMILES string of the molecule is CCc1ccc(NC(=O)CN2CCCC(C(=O)Nc3ccc(Br)cn3)C2)cc1. The van der Waals surface area contributed by atoms with Crippen molar-refractivity contribution in [2.75, 3.05) is 30.3 Å². The molecule has 0 aliphatic carbocycles. The van der Waals surface area contributed by atoms with Gasteiger partial charge in [0.25, 0.3) is 0 Å². The predicted molar refractivity (Wildman–Crippen MR) is 114 cm³/mol. The number of anilines is 2. The first-order valence-corrected chi connectivity index (χ1v) is 10.4. The van der Waals surface area contributed by atoms with Crippen molar-refractivity contribution >= 4 is 39.2 Å². The molecule has 6 nitrogen and oxygen atoms in total. The number of hydrogen-bond acceptors (Lipinski definition) is 4. The molecule has 2 amide bonds. The zero-order valence-corrected chi connectivity index (χ0v) is 17.5. The van der Waals surface area contributed by atoms with E-state index in [0.717, 1.165) is 36.0 Å². The van der Waals surface area contributed by atoms with E-state index in [-0.39, 0.29) is 24.3 Å². The standard InChI is InChI=1S/C21H25BrN4O2/c1-2-15-5-8-18(9-6-15)24-20(27)14-26-11-3-4-16(13-26)21(28)25-19-10-7-17(22)12-23-19/h5-10,12,16H,2-4,11,13-14H2,1H3,(H,24,27)(H,23,25,28). The Morgan fingerprint density at radius 1 is 1.18 bits per heavy atom. The number of benzene rings is 1. The third kappa shape index (κ3) is 5.87. The van der Waals surface area contributed by atoms with Gasteiger partial charge in [0, 0.05) is 22.9 Å². The molecule has 0 saturated carbocycles. The van der Waals surface area contributed by atoms with E-state index in [0.29, 0.717) is 12.4 Å². The van der Waals surface area contributed by atoms with Crippen LogP contribution >= 0.6 is 15.9 Å². The van der Waals surface area contributed by atoms with E-state index < -0.39 is 0 Å². The summed E-state index contributed by atoms with van der Waals surface area (Å²) in [5.74, 6) is 0.296. The molecule has 1 fully saturated rings. The molecule has 0 spiro atoms. The van der Waals surface area contributed by atoms with Crippen molar-refractivity contribution in [1.82, 2.24) is 9.88 Å². The number of nitrogens with zero attached hydrogens (tertiary/aromatic N) is 2. The first-order chi connectivity index (χ1) is 13.5. The largest absolute Gasteiger partial charge is 0.325 e. The van der Waals surface area contributed by atoms with Crippen molar-refractivity contribution in [2.45, 2.75) is 26.2 Å². The summed E-state index contributed by atoms with van der Waals surface area (Å²) in [6, 6.07) is 11.5. The maximum Gasteiger partial charge on any atom is 0.238 e. The fourth-order valence-corrected chi connectivity index (χ4v) is 3.55. The average molecular weight is 445 g/mol. The Morgan fingerprint density at radius 3 is 2.64 bits per heavy atom. The summed E-state index contributed by atoms with van der Waals surface area (Å²) in [4.78, 5) is 31.1. The van der Waals surface area contributed by atoms with Gasteiger partial charge >= 0.3 is 0 Å². The van der Waals surface area contributed by atoms with Crippen LogP contribution in [0.2, 0.25) is 0 Å². The lowest BCUT2D eigenvalue weighted by atomic mass is 9.97. The van der Waals surface area contributed by atoms with Gasteiger partial charge in [-0.25, -0.2) is 4.98 Å². The molecule has 3 rings (SSSR count). The third-order valence-corrected chi connectivity index (χ3v) is 5.34. The van der Waals surface area contributed by atoms with Crippen molar-refractivity contribution in [2.24, 2.45) is 5.92 Å². The molecule has 1 unspecified atom stereocenters. The molecule has 1 aliphatic rings. The molecule has 2 heterocycles. The maximum atomic E-state index is 12.5. The Kier molecular flexibility index (Phi) is 7.17. The van der Waals surface area contributed by atoms with Crippen molar-refractivity contribution in [3.05, 3.63) is 52.6 Å². The molecule has 28 heavy (non-hydrogen) atoms. The molecular formula is C21H25BrN4O2. The Morgan fingerprint density at radius 2 is 1.96 bits per heavy atom. The fourth-order valence-electron chi connectivity index (χ4n) is 3.32. The minimum Gasteiger partial charge on any atom is -0.325 e. The van der Waals surface area contributed by atoms with E-state index in [1.165, 1.54) is 5.56 Å². The molecular weight excluding hydrogens is 420 g/mol. The average Bonchev–Trinajstić information content (AvgIpc) is 2.70. The Balaban J connectivity index is 1.50. The third-order valence-electron chi connectivity index (χ3n) is 4.87. The number of halogens is 1. The second-order valence-electron chi connectivity index (χ2n) is 7.02. The van der Waals surface area contributed by atoms with E-state index in [2.05, 4.69) is 38.5 Å². The molecule has 2 aromatic rings. The molecule has 7 heteroatoms. The van der Waals surface area contributed by atoms with Gasteiger partial charge < -0.3 is 10.6 Å². The van der Waals surface area contributed by atoms with E-state index >= 15 is 0 Å². The van der Waals surface area contributed by atoms with Crippen LogP contribution in [0, 0.1) is 5.92 Å². The van der Waals surface area contributed by atoms with E-state index in [4.69, 9.17) is 0 Å². The molecule has 1 saturated heterocycles. The van der Waals surface area contributed by atoms with Crippen molar-refractivity contribution < 1.29 is 9.59 Å². The molecule has 2 N–H and O–H groups in total. The van der Waals surface area contributed by atoms with Crippen molar-refractivity contribution in [3.8, 4) is 0 Å². The summed E-state index contributed by atoms with van der Waals surface area (Å²) >= 11 is 3.33. The van der Waals surface area contributed by atoms with Crippen LogP contribution in [-0.4, -0.2) is 41.3 Å². The van der Waals surface area contributed by atoms with Gasteiger partial charge in [-0.15, -0.1) is 0 Å². The Bertz CT molecular complexity index is 808. The van der Waals surface area contributed by atoms with Gasteiger partial charge in [-0.2, -0.15) is 0 Å². The lowest BCUT2D eigenvalue weighted by Crippen LogP contribution is -2.44. The first-order valence-electron chi connectivity index (χ1n) is 9.57. The smallest absolute Gasteiger partial charge is 0.238 e. The molecule has 1 aromatic carbocycles. The predicted octanol–water partition coefficient (Wildman–Crippen LogP) is 3.70. The quantitative estimate of drug-likeness (QED) is 0.711. The van der Waals surface area contributed by atoms with E-state index in [9.17, 15) is 9.59 Å². The molecule has 148 valence electrons. The van der Waals surface area contributed by atoms with Crippen LogP contribution in [0.25, 0.3) is 0 Å². The number of aromatic nitrogens is 1. The number of rotatable bonds is 6. The molecule has 0 radical (unpaired) electrons. The topological polar surface area (TPSA) is 74.3 Å². The zero-order chi connectivity index (χ0) is 19.9. The summed E-state index contributed by atoms with van der Waals surface area (Å²) < 4.78 is 0.865. The highest BCUT2D eigenvalue weighted by molar-refractivity contribution is 9.10. The van der Waals surface area contributed by atoms with Gasteiger partial charge in [-0.05, 0) is 71.6 Å². The highest BCUT2D eigenvalue weighted by atomic mass is 79.9. The van der Waals surface area contributed by atoms with E-state index in [1.54, 1.807) is 12.3 Å². The minimum atomic E-state index is -0.143. The number of aryl methyl sites for hydroxylation is 1. The number of piperidine rings is 1. The summed E-state index contributed by atoms with van der Waals surface area (Å²) in [7, 11) is 0. The van der Waals surface area contributed by atoms with Gasteiger partial charge in [-0.1, -0.05) is 19.1 Å². The number of likely N-dealkylation sites (tertiary alicyclic amines) is 1. The minimum absolute atomic E-state index is 0.0462. The number of hydrogen-bond donors (Lipinski definition) is 2. The van der Waals surface area contributed by atoms with E-state index in [1.807, 2.05) is 35.2 Å². The maximum absolute atomic E-state index is 12.5. The molecule has 1 atom stereocenters. The van der Waals surface area contributed by atoms with Gasteiger partial charge in [0.15, 0.2) is 0 Å². The van der Waals surface area contributed by atoms with Crippen LogP contribution in [0.5, 0.6) is 0 Å². The number of pyridine rings is 1. The summed E-state index contributed by atoms with van der Waals surface area (Å²) in [5, 5.41) is 5.80. The first kappa shape index (κ1) is 20.5. The highest BCUT2D eigenvalue weighted by Crippen LogP contribution is 2.19. The van der Waals surface area contributed by atoms with Crippen LogP contribution in [0.1, 0.15) is 25.3 Å². The monoisotopic (exact) mass is 444 g/mol. The molecule has 1 aromatic heterocycles. The highest BCUT2D eigenvalue weighted by Gasteiger charge is 2.27. The second kappa shape index (κ2) is 9.80. The second-order valence-corrected chi connectivity index (χ2v) is 7.94. The summed E-state index contributed by atoms with van der Waals surface area (Å²) in [6.07, 6.45) is 4.34. The number of carbonyl (C=O) groups excluding carboxylic acids is 2. The normalized spacial score (nSPS) is 17.1. The van der Waals surface area contributed by atoms with Crippen LogP contribution < -0.4 is 10.6 Å². The lowest BCUT2D eigenvalue weighted by Gasteiger charge is -2.31.